The predicted octanol–water partition coefficient (Wildman–Crippen LogP) is 11.3. The molecular weight excluding hydrogens is 899 g/mol. The van der Waals surface area contributed by atoms with Gasteiger partial charge in [-0.25, -0.2) is 4.98 Å². The molecule has 4 amide bonds. The van der Waals surface area contributed by atoms with Crippen molar-refractivity contribution in [3.63, 3.8) is 0 Å². The predicted molar refractivity (Wildman–Crippen MR) is 280 cm³/mol. The minimum Gasteiger partial charge on any atom is -0.490 e. The second-order valence-electron chi connectivity index (χ2n) is 18.6. The Morgan fingerprint density at radius 1 is 0.556 bits per heavy atom. The van der Waals surface area contributed by atoms with E-state index in [2.05, 4.69) is 22.9 Å². The van der Waals surface area contributed by atoms with Gasteiger partial charge in [0.25, 0.3) is 23.6 Å². The maximum atomic E-state index is 14.9. The molecule has 0 N–H and O–H groups in total. The van der Waals surface area contributed by atoms with E-state index in [1.165, 1.54) is 9.80 Å². The minimum atomic E-state index is -0.372. The highest BCUT2D eigenvalue weighted by Crippen LogP contribution is 2.51. The number of carbonyl (C=O) groups is 4. The second kappa shape index (κ2) is 18.4. The molecule has 11 nitrogen and oxygen atoms in total. The number of nitrogens with zero attached hydrogens (tertiary/aromatic N) is 5. The van der Waals surface area contributed by atoms with Crippen LogP contribution in [0.3, 0.4) is 0 Å². The summed E-state index contributed by atoms with van der Waals surface area (Å²) in [6.07, 6.45) is 6.21. The van der Waals surface area contributed by atoms with E-state index >= 15 is 0 Å². The number of methoxy groups -OCH3 is 1. The molecule has 0 radical (unpaired) electrons. The lowest BCUT2D eigenvalue weighted by molar-refractivity contribution is -0.660. The highest BCUT2D eigenvalue weighted by Gasteiger charge is 2.41. The zero-order valence-electron chi connectivity index (χ0n) is 41.1. The first kappa shape index (κ1) is 46.1. The monoisotopic (exact) mass is 950 g/mol. The molecule has 3 aromatic heterocycles. The Morgan fingerprint density at radius 2 is 1.15 bits per heavy atom. The summed E-state index contributed by atoms with van der Waals surface area (Å²) >= 11 is 0. The molecule has 356 valence electrons. The van der Waals surface area contributed by atoms with Gasteiger partial charge in [0.1, 0.15) is 25.1 Å². The van der Waals surface area contributed by atoms with Gasteiger partial charge in [-0.05, 0) is 114 Å². The number of benzene rings is 6. The van der Waals surface area contributed by atoms with Crippen molar-refractivity contribution in [2.45, 2.75) is 65.5 Å². The first-order valence-corrected chi connectivity index (χ1v) is 24.8. The summed E-state index contributed by atoms with van der Waals surface area (Å²) in [6, 6.07) is 34.5. The molecule has 0 atom stereocenters. The lowest BCUT2D eigenvalue weighted by Crippen LogP contribution is -2.46. The number of rotatable bonds is 13. The molecular formula is C61H52N5O6+. The number of ether oxygens (including phenoxy) is 2. The molecule has 5 heterocycles. The molecule has 2 aliphatic rings. The van der Waals surface area contributed by atoms with Gasteiger partial charge in [-0.3, -0.25) is 34.0 Å². The fraction of sp³-hybridized carbons (Fsp3) is 0.230. The third-order valence-electron chi connectivity index (χ3n) is 14.7. The summed E-state index contributed by atoms with van der Waals surface area (Å²) in [4.78, 5) is 71.2. The number of pyridine rings is 3. The number of hydrogen-bond acceptors (Lipinski definition) is 8. The molecule has 0 bridgehead atoms. The van der Waals surface area contributed by atoms with Crippen LogP contribution in [-0.2, 0) is 11.8 Å². The highest BCUT2D eigenvalue weighted by molar-refractivity contribution is 6.42. The zero-order chi connectivity index (χ0) is 49.9. The van der Waals surface area contributed by atoms with E-state index < -0.39 is 0 Å². The third-order valence-corrected chi connectivity index (χ3v) is 14.7. The van der Waals surface area contributed by atoms with Crippen molar-refractivity contribution in [3.8, 4) is 51.5 Å². The third kappa shape index (κ3) is 7.27. The van der Waals surface area contributed by atoms with Crippen LogP contribution in [0.5, 0.6) is 5.75 Å². The zero-order valence-corrected chi connectivity index (χ0v) is 41.1. The Bertz CT molecular complexity index is 3770. The summed E-state index contributed by atoms with van der Waals surface area (Å²) in [6.45, 7) is 8.43. The van der Waals surface area contributed by atoms with Crippen LogP contribution >= 0.6 is 0 Å². The number of imide groups is 2. The van der Waals surface area contributed by atoms with Crippen molar-refractivity contribution in [2.75, 3.05) is 20.3 Å². The normalized spacial score (nSPS) is 13.4. The molecule has 0 unspecified atom stereocenters. The van der Waals surface area contributed by atoms with Crippen molar-refractivity contribution in [1.29, 1.82) is 0 Å². The molecule has 9 aromatic rings. The molecule has 6 aromatic carbocycles. The van der Waals surface area contributed by atoms with Crippen molar-refractivity contribution < 1.29 is 33.2 Å². The van der Waals surface area contributed by atoms with Crippen LogP contribution < -0.4 is 9.30 Å². The fourth-order valence-electron chi connectivity index (χ4n) is 11.0. The van der Waals surface area contributed by atoms with Crippen LogP contribution in [0.15, 0.2) is 122 Å². The van der Waals surface area contributed by atoms with E-state index in [0.29, 0.717) is 104 Å². The van der Waals surface area contributed by atoms with Crippen molar-refractivity contribution in [1.82, 2.24) is 19.8 Å². The number of carbonyl (C=O) groups excluding carboxylic acids is 4. The van der Waals surface area contributed by atoms with E-state index in [1.807, 2.05) is 137 Å². The van der Waals surface area contributed by atoms with Gasteiger partial charge in [0.15, 0.2) is 6.20 Å². The van der Waals surface area contributed by atoms with E-state index in [9.17, 15) is 19.2 Å². The first-order valence-electron chi connectivity index (χ1n) is 24.8. The number of aryl methyl sites for hydroxylation is 1. The Labute approximate surface area is 417 Å². The number of aromatic nitrogens is 3. The Kier molecular flexibility index (Phi) is 11.8. The number of amides is 4. The van der Waals surface area contributed by atoms with Crippen molar-refractivity contribution >= 4 is 66.7 Å². The van der Waals surface area contributed by atoms with E-state index in [4.69, 9.17) is 14.5 Å². The topological polar surface area (TPSA) is 123 Å². The molecule has 11 rings (SSSR count). The molecule has 2 aliphatic heterocycles. The van der Waals surface area contributed by atoms with E-state index in [1.54, 1.807) is 25.4 Å². The summed E-state index contributed by atoms with van der Waals surface area (Å²) in [7, 11) is 3.60. The average molecular weight is 951 g/mol. The van der Waals surface area contributed by atoms with Gasteiger partial charge in [-0.1, -0.05) is 69.9 Å². The van der Waals surface area contributed by atoms with Crippen LogP contribution in [0.25, 0.3) is 77.0 Å². The van der Waals surface area contributed by atoms with Crippen LogP contribution in [-0.4, -0.2) is 75.8 Å². The largest absolute Gasteiger partial charge is 0.490 e. The molecule has 0 spiro atoms. The first-order chi connectivity index (χ1) is 35.1. The maximum Gasteiger partial charge on any atom is 0.261 e. The van der Waals surface area contributed by atoms with Crippen LogP contribution in [0.1, 0.15) is 106 Å². The average Bonchev–Trinajstić information content (AvgIpc) is 3.41. The summed E-state index contributed by atoms with van der Waals surface area (Å²) in [5, 5.41) is 5.31. The van der Waals surface area contributed by atoms with E-state index in [-0.39, 0.29) is 42.3 Å². The van der Waals surface area contributed by atoms with Gasteiger partial charge in [0.2, 0.25) is 5.69 Å². The van der Waals surface area contributed by atoms with Gasteiger partial charge in [-0.2, -0.15) is 4.57 Å². The van der Waals surface area contributed by atoms with E-state index in [0.717, 1.165) is 44.9 Å². The molecule has 0 saturated carbocycles. The molecule has 0 saturated heterocycles. The Balaban J connectivity index is 1.14. The SMILES string of the molecule is CCC(CC)N1C(=O)c2ccc3c4c(OCCOC)cc5c6c(ccc(c7c(C#Cc8ccc(-c9cc(-c%10ccccn%10)nc(-c%10cccc[n+]%10C)c9)cc8)cc(c2c37)C1=O)c64)C(=O)N(C(CC)CC)C5=O. The molecule has 0 aliphatic carbocycles. The molecule has 0 fully saturated rings. The van der Waals surface area contributed by atoms with Gasteiger partial charge in [-0.15, -0.1) is 0 Å². The summed E-state index contributed by atoms with van der Waals surface area (Å²) < 4.78 is 14.0. The van der Waals surface area contributed by atoms with Crippen molar-refractivity contribution in [3.05, 3.63) is 155 Å². The van der Waals surface area contributed by atoms with Gasteiger partial charge >= 0.3 is 0 Å². The van der Waals surface area contributed by atoms with Crippen molar-refractivity contribution in [2.24, 2.45) is 7.05 Å². The van der Waals surface area contributed by atoms with Crippen LogP contribution in [0.4, 0.5) is 0 Å². The summed E-state index contributed by atoms with van der Waals surface area (Å²) in [5.74, 6) is 5.97. The maximum absolute atomic E-state index is 14.9. The van der Waals surface area contributed by atoms with Gasteiger partial charge < -0.3 is 9.47 Å². The quantitative estimate of drug-likeness (QED) is 0.0280. The van der Waals surface area contributed by atoms with Gasteiger partial charge in [0.05, 0.1) is 23.6 Å². The minimum absolute atomic E-state index is 0.192. The van der Waals surface area contributed by atoms with Crippen LogP contribution in [0, 0.1) is 11.8 Å². The smallest absolute Gasteiger partial charge is 0.261 e. The Morgan fingerprint density at radius 3 is 1.76 bits per heavy atom. The highest BCUT2D eigenvalue weighted by atomic mass is 16.5. The Hall–Kier alpha value is -8.33. The fourth-order valence-corrected chi connectivity index (χ4v) is 11.0. The second-order valence-corrected chi connectivity index (χ2v) is 18.6. The summed E-state index contributed by atoms with van der Waals surface area (Å²) in [5.41, 5.74) is 8.15. The van der Waals surface area contributed by atoms with Crippen LogP contribution in [0.2, 0.25) is 0 Å². The standard InChI is InChI=1S/C61H52N5O6/c1-7-39(8-2)65-58(67)43-26-24-42-55-51(72-30-29-71-6)34-46-54-44(59(68)66(61(46)70)40(9-3)10-4)25-23-41(57(54)55)52-37(31-45(60(65)69)53(43)56(42)52)22-19-35-17-20-36(21-18-35)38-32-48(47-15-11-13-27-62-47)63-49(33-38)50-16-12-14-28-64(50)5/h11-18,20-21,23-28,31-34,39-40H,7-10,29-30H2,1-6H3/q+1. The molecule has 72 heavy (non-hydrogen) atoms. The van der Waals surface area contributed by atoms with Gasteiger partial charge in [0, 0.05) is 97.7 Å². The lowest BCUT2D eigenvalue weighted by atomic mass is 9.80. The number of hydrogen-bond donors (Lipinski definition) is 0. The molecule has 11 heteroatoms. The number of fused-ring (bicyclic) bond motifs is 2. The lowest BCUT2D eigenvalue weighted by Gasteiger charge is -2.35.